The van der Waals surface area contributed by atoms with E-state index in [0.717, 1.165) is 17.8 Å². The fourth-order valence-corrected chi connectivity index (χ4v) is 3.23. The van der Waals surface area contributed by atoms with Crippen molar-refractivity contribution in [2.45, 2.75) is 18.6 Å². The topological polar surface area (TPSA) is 55.6 Å². The molecule has 4 rings (SSSR count). The molecule has 134 valence electrons. The standard InChI is InChI=1S/C19H15F3N2O2/c20-19(21,22)13-4-1-11(2-5-13)12-3-6-17-16(7-12)18(25)24-9-14(23)8-15(24)10-26-17/h1-7,10,14H,8-9,23H2/t14-/m0/s1. The predicted molar refractivity (Wildman–Crippen MR) is 89.2 cm³/mol. The first kappa shape index (κ1) is 16.7. The lowest BCUT2D eigenvalue weighted by Gasteiger charge is -2.16. The second-order valence-electron chi connectivity index (χ2n) is 6.39. The van der Waals surface area contributed by atoms with Crippen molar-refractivity contribution in [3.63, 3.8) is 0 Å². The Kier molecular flexibility index (Phi) is 3.77. The van der Waals surface area contributed by atoms with Crippen LogP contribution in [0, 0.1) is 0 Å². The zero-order chi connectivity index (χ0) is 18.5. The van der Waals surface area contributed by atoms with E-state index >= 15 is 0 Å². The zero-order valence-corrected chi connectivity index (χ0v) is 13.6. The molecule has 0 radical (unpaired) electrons. The first-order valence-electron chi connectivity index (χ1n) is 8.08. The predicted octanol–water partition coefficient (Wildman–Crippen LogP) is 3.78. The van der Waals surface area contributed by atoms with Crippen molar-refractivity contribution in [3.8, 4) is 16.9 Å². The van der Waals surface area contributed by atoms with Crippen LogP contribution in [-0.2, 0) is 6.18 Å². The summed E-state index contributed by atoms with van der Waals surface area (Å²) >= 11 is 0. The first-order valence-corrected chi connectivity index (χ1v) is 8.08. The van der Waals surface area contributed by atoms with Crippen LogP contribution < -0.4 is 10.5 Å². The van der Waals surface area contributed by atoms with Crippen molar-refractivity contribution >= 4 is 5.91 Å². The number of carbonyl (C=O) groups is 1. The van der Waals surface area contributed by atoms with Gasteiger partial charge in [-0.1, -0.05) is 18.2 Å². The van der Waals surface area contributed by atoms with Gasteiger partial charge in [0.15, 0.2) is 0 Å². The van der Waals surface area contributed by atoms with Crippen LogP contribution in [0.15, 0.2) is 54.4 Å². The molecule has 2 aliphatic rings. The molecule has 4 nitrogen and oxygen atoms in total. The molecule has 0 bridgehead atoms. The van der Waals surface area contributed by atoms with Gasteiger partial charge < -0.3 is 15.4 Å². The Morgan fingerprint density at radius 1 is 1.08 bits per heavy atom. The van der Waals surface area contributed by atoms with E-state index in [4.69, 9.17) is 10.5 Å². The Hall–Kier alpha value is -2.80. The summed E-state index contributed by atoms with van der Waals surface area (Å²) in [5.74, 6) is 0.201. The highest BCUT2D eigenvalue weighted by atomic mass is 19.4. The van der Waals surface area contributed by atoms with E-state index in [9.17, 15) is 18.0 Å². The zero-order valence-electron chi connectivity index (χ0n) is 13.6. The maximum atomic E-state index is 12.8. The molecule has 2 heterocycles. The van der Waals surface area contributed by atoms with Crippen LogP contribution in [0.2, 0.25) is 0 Å². The molecule has 2 aromatic rings. The van der Waals surface area contributed by atoms with E-state index in [2.05, 4.69) is 0 Å². The summed E-state index contributed by atoms with van der Waals surface area (Å²) in [7, 11) is 0. The van der Waals surface area contributed by atoms with Gasteiger partial charge in [-0.2, -0.15) is 13.2 Å². The van der Waals surface area contributed by atoms with Gasteiger partial charge in [-0.25, -0.2) is 0 Å². The maximum absolute atomic E-state index is 12.8. The molecule has 1 fully saturated rings. The number of amides is 1. The minimum Gasteiger partial charge on any atom is -0.462 e. The molecule has 26 heavy (non-hydrogen) atoms. The number of hydrogen-bond acceptors (Lipinski definition) is 3. The summed E-state index contributed by atoms with van der Waals surface area (Å²) in [5, 5.41) is 0. The Morgan fingerprint density at radius 2 is 1.77 bits per heavy atom. The number of alkyl halides is 3. The van der Waals surface area contributed by atoms with Gasteiger partial charge in [-0.05, 0) is 35.4 Å². The van der Waals surface area contributed by atoms with Gasteiger partial charge in [-0.3, -0.25) is 4.79 Å². The molecule has 0 spiro atoms. The summed E-state index contributed by atoms with van der Waals surface area (Å²) in [6.07, 6.45) is -2.29. The molecule has 0 unspecified atom stereocenters. The molecule has 1 atom stereocenters. The monoisotopic (exact) mass is 360 g/mol. The third-order valence-corrected chi connectivity index (χ3v) is 4.56. The number of halogens is 3. The number of carbonyl (C=O) groups excluding carboxylic acids is 1. The van der Waals surface area contributed by atoms with Crippen LogP contribution in [0.25, 0.3) is 11.1 Å². The van der Waals surface area contributed by atoms with Gasteiger partial charge in [0.05, 0.1) is 16.8 Å². The minimum absolute atomic E-state index is 0.131. The Morgan fingerprint density at radius 3 is 2.46 bits per heavy atom. The fourth-order valence-electron chi connectivity index (χ4n) is 3.23. The lowest BCUT2D eigenvalue weighted by Crippen LogP contribution is -2.30. The molecular weight excluding hydrogens is 345 g/mol. The van der Waals surface area contributed by atoms with Gasteiger partial charge >= 0.3 is 6.18 Å². The van der Waals surface area contributed by atoms with Crippen LogP contribution in [0.4, 0.5) is 13.2 Å². The molecule has 0 saturated carbocycles. The second-order valence-corrected chi connectivity index (χ2v) is 6.39. The van der Waals surface area contributed by atoms with E-state index in [1.807, 2.05) is 0 Å². The lowest BCUT2D eigenvalue weighted by atomic mass is 10.0. The van der Waals surface area contributed by atoms with Crippen LogP contribution in [0.1, 0.15) is 22.3 Å². The van der Waals surface area contributed by atoms with Gasteiger partial charge in [0.25, 0.3) is 5.91 Å². The fraction of sp³-hybridized carbons (Fsp3) is 0.211. The van der Waals surface area contributed by atoms with Crippen LogP contribution in [-0.4, -0.2) is 23.4 Å². The number of nitrogens with zero attached hydrogens (tertiary/aromatic N) is 1. The highest BCUT2D eigenvalue weighted by molar-refractivity contribution is 6.00. The van der Waals surface area contributed by atoms with Crippen molar-refractivity contribution in [2.24, 2.45) is 5.73 Å². The van der Waals surface area contributed by atoms with E-state index in [1.54, 1.807) is 23.1 Å². The summed E-state index contributed by atoms with van der Waals surface area (Å²) in [6, 6.07) is 9.71. The van der Waals surface area contributed by atoms with Crippen molar-refractivity contribution in [2.75, 3.05) is 6.54 Å². The summed E-state index contributed by atoms with van der Waals surface area (Å²) in [5.41, 5.74) is 7.53. The van der Waals surface area contributed by atoms with E-state index < -0.39 is 11.7 Å². The van der Waals surface area contributed by atoms with Crippen molar-refractivity contribution in [3.05, 3.63) is 65.6 Å². The van der Waals surface area contributed by atoms with Gasteiger partial charge in [0, 0.05) is 19.0 Å². The number of fused-ring (bicyclic) bond motifs is 2. The average Bonchev–Trinajstić information content (AvgIpc) is 2.94. The lowest BCUT2D eigenvalue weighted by molar-refractivity contribution is -0.137. The first-order chi connectivity index (χ1) is 12.3. The van der Waals surface area contributed by atoms with Crippen molar-refractivity contribution in [1.82, 2.24) is 4.90 Å². The van der Waals surface area contributed by atoms with E-state index in [0.29, 0.717) is 35.4 Å². The van der Waals surface area contributed by atoms with Crippen LogP contribution in [0.5, 0.6) is 5.75 Å². The molecule has 2 N–H and O–H groups in total. The third-order valence-electron chi connectivity index (χ3n) is 4.56. The van der Waals surface area contributed by atoms with Gasteiger partial charge in [-0.15, -0.1) is 0 Å². The Balaban J connectivity index is 1.69. The van der Waals surface area contributed by atoms with Gasteiger partial charge in [0.1, 0.15) is 12.0 Å². The van der Waals surface area contributed by atoms with Crippen molar-refractivity contribution in [1.29, 1.82) is 0 Å². The highest BCUT2D eigenvalue weighted by Gasteiger charge is 2.33. The number of nitrogens with two attached hydrogens (primary N) is 1. The number of rotatable bonds is 1. The smallest absolute Gasteiger partial charge is 0.416 e. The average molecular weight is 360 g/mol. The molecule has 7 heteroatoms. The normalized spacial score (nSPS) is 19.4. The Bertz CT molecular complexity index is 904. The van der Waals surface area contributed by atoms with Crippen molar-refractivity contribution < 1.29 is 22.7 Å². The molecule has 0 aliphatic carbocycles. The SMILES string of the molecule is N[C@H]1CC2=COc3ccc(-c4ccc(C(F)(F)F)cc4)cc3C(=O)N2C1. The molecule has 0 aromatic heterocycles. The summed E-state index contributed by atoms with van der Waals surface area (Å²) in [4.78, 5) is 14.4. The molecule has 2 aliphatic heterocycles. The second kappa shape index (κ2) is 5.88. The quantitative estimate of drug-likeness (QED) is 0.842. The van der Waals surface area contributed by atoms with E-state index in [1.165, 1.54) is 18.4 Å². The number of benzene rings is 2. The maximum Gasteiger partial charge on any atom is 0.416 e. The summed E-state index contributed by atoms with van der Waals surface area (Å²) < 4.78 is 43.8. The molecular formula is C19H15F3N2O2. The minimum atomic E-state index is -4.38. The highest BCUT2D eigenvalue weighted by Crippen LogP contribution is 2.35. The largest absolute Gasteiger partial charge is 0.462 e. The summed E-state index contributed by atoms with van der Waals surface area (Å²) in [6.45, 7) is 0.415. The Labute approximate surface area is 147 Å². The van der Waals surface area contributed by atoms with Gasteiger partial charge in [0.2, 0.25) is 0 Å². The molecule has 1 saturated heterocycles. The number of hydrogen-bond donors (Lipinski definition) is 1. The third kappa shape index (κ3) is 2.84. The van der Waals surface area contributed by atoms with Crippen LogP contribution >= 0.6 is 0 Å². The molecule has 2 aromatic carbocycles. The van der Waals surface area contributed by atoms with Crippen LogP contribution in [0.3, 0.4) is 0 Å². The molecule has 1 amide bonds. The number of ether oxygens (including phenoxy) is 1. The van der Waals surface area contributed by atoms with E-state index in [-0.39, 0.29) is 11.9 Å².